The quantitative estimate of drug-likeness (QED) is 0.836. The summed E-state index contributed by atoms with van der Waals surface area (Å²) in [6, 6.07) is 10.7. The number of benzene rings is 1. The maximum Gasteiger partial charge on any atom is 0.198 e. The first kappa shape index (κ1) is 14.2. The van der Waals surface area contributed by atoms with E-state index in [0.717, 1.165) is 24.9 Å². The minimum Gasteiger partial charge on any atom is -0.453 e. The van der Waals surface area contributed by atoms with Crippen LogP contribution in [0.3, 0.4) is 0 Å². The number of furan rings is 1. The summed E-state index contributed by atoms with van der Waals surface area (Å²) >= 11 is 6.13. The van der Waals surface area contributed by atoms with Crippen molar-refractivity contribution in [3.8, 4) is 0 Å². The normalized spacial score (nSPS) is 12.6. The van der Waals surface area contributed by atoms with Gasteiger partial charge in [0.1, 0.15) is 0 Å². The molecule has 0 saturated heterocycles. The molecule has 3 heteroatoms. The molecule has 1 aromatic carbocycles. The molecule has 1 unspecified atom stereocenters. The van der Waals surface area contributed by atoms with Crippen molar-refractivity contribution in [3.63, 3.8) is 0 Å². The summed E-state index contributed by atoms with van der Waals surface area (Å²) in [5.74, 6) is 0. The van der Waals surface area contributed by atoms with Crippen molar-refractivity contribution in [2.75, 3.05) is 6.54 Å². The molecule has 0 radical (unpaired) electrons. The van der Waals surface area contributed by atoms with Crippen LogP contribution < -0.4 is 5.32 Å². The van der Waals surface area contributed by atoms with E-state index in [4.69, 9.17) is 16.0 Å². The smallest absolute Gasteiger partial charge is 0.198 e. The molecule has 0 fully saturated rings. The summed E-state index contributed by atoms with van der Waals surface area (Å²) in [4.78, 5) is 0. The second-order valence-corrected chi connectivity index (χ2v) is 4.98. The van der Waals surface area contributed by atoms with Crippen LogP contribution in [-0.2, 0) is 6.42 Å². The maximum atomic E-state index is 6.13. The molecule has 1 aromatic heterocycles. The van der Waals surface area contributed by atoms with Gasteiger partial charge < -0.3 is 9.73 Å². The minimum absolute atomic E-state index is 0.0951. The third-order valence-electron chi connectivity index (χ3n) is 3.25. The van der Waals surface area contributed by atoms with Gasteiger partial charge in [0, 0.05) is 5.56 Å². The van der Waals surface area contributed by atoms with Gasteiger partial charge in [0.15, 0.2) is 5.22 Å². The van der Waals surface area contributed by atoms with Crippen LogP contribution in [0.25, 0.3) is 0 Å². The van der Waals surface area contributed by atoms with Crippen molar-refractivity contribution in [3.05, 3.63) is 58.5 Å². The Kier molecular flexibility index (Phi) is 5.06. The van der Waals surface area contributed by atoms with Gasteiger partial charge in [-0.3, -0.25) is 0 Å². The topological polar surface area (TPSA) is 25.2 Å². The number of nitrogens with one attached hydrogen (secondary N) is 1. The number of rotatable bonds is 6. The molecule has 1 heterocycles. The molecule has 1 atom stereocenters. The molecule has 0 saturated carbocycles. The average molecular weight is 278 g/mol. The van der Waals surface area contributed by atoms with Gasteiger partial charge in [-0.25, -0.2) is 0 Å². The highest BCUT2D eigenvalue weighted by atomic mass is 35.5. The highest BCUT2D eigenvalue weighted by Crippen LogP contribution is 2.29. The minimum atomic E-state index is 0.0951. The van der Waals surface area contributed by atoms with Crippen molar-refractivity contribution in [1.82, 2.24) is 5.32 Å². The van der Waals surface area contributed by atoms with Crippen LogP contribution in [0.2, 0.25) is 5.22 Å². The third kappa shape index (κ3) is 3.40. The molecule has 1 N–H and O–H groups in total. The van der Waals surface area contributed by atoms with Crippen molar-refractivity contribution < 1.29 is 4.42 Å². The first-order chi connectivity index (χ1) is 9.26. The number of aryl methyl sites for hydroxylation is 1. The van der Waals surface area contributed by atoms with Crippen LogP contribution in [0.1, 0.15) is 43.0 Å². The lowest BCUT2D eigenvalue weighted by Crippen LogP contribution is -2.23. The van der Waals surface area contributed by atoms with Crippen LogP contribution in [0.15, 0.2) is 41.0 Å². The van der Waals surface area contributed by atoms with E-state index in [-0.39, 0.29) is 6.04 Å². The molecule has 0 bridgehead atoms. The fourth-order valence-corrected chi connectivity index (χ4v) is 2.42. The number of halogens is 1. The van der Waals surface area contributed by atoms with Gasteiger partial charge in [0.25, 0.3) is 0 Å². The zero-order valence-corrected chi connectivity index (χ0v) is 12.2. The monoisotopic (exact) mass is 277 g/mol. The fourth-order valence-electron chi connectivity index (χ4n) is 2.20. The molecule has 0 spiro atoms. The highest BCUT2D eigenvalue weighted by Gasteiger charge is 2.18. The summed E-state index contributed by atoms with van der Waals surface area (Å²) in [6.45, 7) is 5.27. The van der Waals surface area contributed by atoms with E-state index < -0.39 is 0 Å². The van der Waals surface area contributed by atoms with Crippen LogP contribution >= 0.6 is 11.6 Å². The molecule has 0 aliphatic carbocycles. The summed E-state index contributed by atoms with van der Waals surface area (Å²) < 4.78 is 5.23. The predicted molar refractivity (Wildman–Crippen MR) is 79.7 cm³/mol. The van der Waals surface area contributed by atoms with Crippen LogP contribution in [0.5, 0.6) is 0 Å². The molecular weight excluding hydrogens is 258 g/mol. The average Bonchev–Trinajstić information content (AvgIpc) is 2.86. The molecule has 2 rings (SSSR count). The van der Waals surface area contributed by atoms with Gasteiger partial charge in [-0.05, 0) is 48.2 Å². The second-order valence-electron chi connectivity index (χ2n) is 4.64. The SMILES string of the molecule is CCCNC(c1cccc(CC)c1)c1ccoc1Cl. The first-order valence-electron chi connectivity index (χ1n) is 6.81. The standard InChI is InChI=1S/C16H20ClNO/c1-3-9-18-15(14-8-10-19-16(14)17)13-7-5-6-12(4-2)11-13/h5-8,10-11,15,18H,3-4,9H2,1-2H3. The Hall–Kier alpha value is -1.25. The molecule has 0 aliphatic rings. The largest absolute Gasteiger partial charge is 0.453 e. The molecule has 0 aliphatic heterocycles. The molecule has 0 amide bonds. The van der Waals surface area contributed by atoms with E-state index in [9.17, 15) is 0 Å². The lowest BCUT2D eigenvalue weighted by Gasteiger charge is -2.19. The maximum absolute atomic E-state index is 6.13. The van der Waals surface area contributed by atoms with Crippen LogP contribution in [0.4, 0.5) is 0 Å². The summed E-state index contributed by atoms with van der Waals surface area (Å²) in [6.07, 6.45) is 3.76. The Morgan fingerprint density at radius 1 is 1.26 bits per heavy atom. The summed E-state index contributed by atoms with van der Waals surface area (Å²) in [5, 5.41) is 4.00. The Morgan fingerprint density at radius 3 is 2.74 bits per heavy atom. The third-order valence-corrected chi connectivity index (χ3v) is 3.56. The van der Waals surface area contributed by atoms with Gasteiger partial charge in [0.05, 0.1) is 12.3 Å². The molecule has 2 aromatic rings. The van der Waals surface area contributed by atoms with E-state index in [1.54, 1.807) is 6.26 Å². The van der Waals surface area contributed by atoms with E-state index in [1.165, 1.54) is 11.1 Å². The summed E-state index contributed by atoms with van der Waals surface area (Å²) in [5.41, 5.74) is 3.57. The second kappa shape index (κ2) is 6.78. The van der Waals surface area contributed by atoms with E-state index in [0.29, 0.717) is 5.22 Å². The Balaban J connectivity index is 2.34. The number of hydrogen-bond acceptors (Lipinski definition) is 2. The zero-order chi connectivity index (χ0) is 13.7. The summed E-state index contributed by atoms with van der Waals surface area (Å²) in [7, 11) is 0. The lowest BCUT2D eigenvalue weighted by molar-refractivity contribution is 0.550. The van der Waals surface area contributed by atoms with Crippen molar-refractivity contribution >= 4 is 11.6 Å². The van der Waals surface area contributed by atoms with Gasteiger partial charge in [-0.1, -0.05) is 38.1 Å². The molecule has 2 nitrogen and oxygen atoms in total. The Bertz CT molecular complexity index is 521. The molecular formula is C16H20ClNO. The van der Waals surface area contributed by atoms with Crippen LogP contribution in [0, 0.1) is 0 Å². The van der Waals surface area contributed by atoms with Gasteiger partial charge in [0.2, 0.25) is 0 Å². The van der Waals surface area contributed by atoms with Gasteiger partial charge in [-0.2, -0.15) is 0 Å². The molecule has 19 heavy (non-hydrogen) atoms. The van der Waals surface area contributed by atoms with Crippen molar-refractivity contribution in [2.24, 2.45) is 0 Å². The first-order valence-corrected chi connectivity index (χ1v) is 7.19. The van der Waals surface area contributed by atoms with Crippen molar-refractivity contribution in [1.29, 1.82) is 0 Å². The highest BCUT2D eigenvalue weighted by molar-refractivity contribution is 6.29. The zero-order valence-electron chi connectivity index (χ0n) is 11.4. The van der Waals surface area contributed by atoms with Gasteiger partial charge in [-0.15, -0.1) is 0 Å². The van der Waals surface area contributed by atoms with E-state index in [2.05, 4.69) is 43.4 Å². The van der Waals surface area contributed by atoms with E-state index in [1.807, 2.05) is 6.07 Å². The van der Waals surface area contributed by atoms with E-state index >= 15 is 0 Å². The van der Waals surface area contributed by atoms with Gasteiger partial charge >= 0.3 is 0 Å². The molecule has 102 valence electrons. The Morgan fingerprint density at radius 2 is 2.11 bits per heavy atom. The van der Waals surface area contributed by atoms with Crippen LogP contribution in [-0.4, -0.2) is 6.54 Å². The Labute approximate surface area is 119 Å². The number of hydrogen-bond donors (Lipinski definition) is 1. The lowest BCUT2D eigenvalue weighted by atomic mass is 9.98. The fraction of sp³-hybridized carbons (Fsp3) is 0.375. The predicted octanol–water partition coefficient (Wildman–Crippen LogP) is 4.58. The van der Waals surface area contributed by atoms with Crippen molar-refractivity contribution in [2.45, 2.75) is 32.7 Å².